The molecule has 2 amide bonds. The summed E-state index contributed by atoms with van der Waals surface area (Å²) in [6.45, 7) is 6.05. The smallest absolute Gasteiger partial charge is 0.241 e. The topological polar surface area (TPSA) is 61.4 Å². The van der Waals surface area contributed by atoms with Gasteiger partial charge in [-0.25, -0.2) is 0 Å². The molecule has 0 unspecified atom stereocenters. The summed E-state index contributed by atoms with van der Waals surface area (Å²) in [4.78, 5) is 25.5. The monoisotopic (exact) mass is 303 g/mol. The van der Waals surface area contributed by atoms with Gasteiger partial charge < -0.3 is 15.5 Å². The Hall–Kier alpha value is -2.04. The lowest BCUT2D eigenvalue weighted by atomic mass is 9.99. The molecule has 0 aliphatic carbocycles. The van der Waals surface area contributed by atoms with Crippen LogP contribution < -0.4 is 10.6 Å². The SMILES string of the molecule is CCC(=O)Nc1cccc(NCC(=O)N2CCC(C)CC2)c1. The first-order valence-electron chi connectivity index (χ1n) is 8.00. The molecule has 5 heteroatoms. The van der Waals surface area contributed by atoms with Crippen molar-refractivity contribution in [3.05, 3.63) is 24.3 Å². The zero-order valence-corrected chi connectivity index (χ0v) is 13.4. The number of piperidine rings is 1. The molecule has 1 aromatic rings. The van der Waals surface area contributed by atoms with Crippen molar-refractivity contribution in [2.24, 2.45) is 5.92 Å². The van der Waals surface area contributed by atoms with Gasteiger partial charge in [-0.05, 0) is 37.0 Å². The fourth-order valence-corrected chi connectivity index (χ4v) is 2.50. The third-order valence-corrected chi connectivity index (χ3v) is 4.05. The number of carbonyl (C=O) groups is 2. The van der Waals surface area contributed by atoms with E-state index >= 15 is 0 Å². The van der Waals surface area contributed by atoms with Gasteiger partial charge in [-0.1, -0.05) is 19.9 Å². The van der Waals surface area contributed by atoms with Gasteiger partial charge in [0.2, 0.25) is 11.8 Å². The van der Waals surface area contributed by atoms with E-state index in [4.69, 9.17) is 0 Å². The number of likely N-dealkylation sites (tertiary alicyclic amines) is 1. The van der Waals surface area contributed by atoms with E-state index in [9.17, 15) is 9.59 Å². The Morgan fingerprint density at radius 2 is 1.91 bits per heavy atom. The molecule has 1 aliphatic rings. The second-order valence-corrected chi connectivity index (χ2v) is 5.90. The average molecular weight is 303 g/mol. The third kappa shape index (κ3) is 4.76. The van der Waals surface area contributed by atoms with Crippen molar-refractivity contribution in [2.45, 2.75) is 33.1 Å². The van der Waals surface area contributed by atoms with Gasteiger partial charge in [0.1, 0.15) is 0 Å². The van der Waals surface area contributed by atoms with Crippen LogP contribution in [0.3, 0.4) is 0 Å². The van der Waals surface area contributed by atoms with Crippen LogP contribution in [0.25, 0.3) is 0 Å². The van der Waals surface area contributed by atoms with E-state index < -0.39 is 0 Å². The van der Waals surface area contributed by atoms with E-state index in [1.54, 1.807) is 0 Å². The maximum atomic E-state index is 12.2. The summed E-state index contributed by atoms with van der Waals surface area (Å²) in [6.07, 6.45) is 2.62. The number of amides is 2. The van der Waals surface area contributed by atoms with Crippen molar-refractivity contribution in [3.63, 3.8) is 0 Å². The predicted molar refractivity (Wildman–Crippen MR) is 88.8 cm³/mol. The van der Waals surface area contributed by atoms with Crippen LogP contribution in [0.4, 0.5) is 11.4 Å². The maximum Gasteiger partial charge on any atom is 0.241 e. The lowest BCUT2D eigenvalue weighted by Crippen LogP contribution is -2.40. The standard InChI is InChI=1S/C17H25N3O2/c1-3-16(21)19-15-6-4-5-14(11-15)18-12-17(22)20-9-7-13(2)8-10-20/h4-6,11,13,18H,3,7-10,12H2,1-2H3,(H,19,21). The number of hydrogen-bond donors (Lipinski definition) is 2. The molecule has 22 heavy (non-hydrogen) atoms. The van der Waals surface area contributed by atoms with Crippen LogP contribution in [-0.2, 0) is 9.59 Å². The molecule has 2 rings (SSSR count). The molecule has 0 saturated carbocycles. The predicted octanol–water partition coefficient (Wildman–Crippen LogP) is 2.71. The molecule has 1 heterocycles. The fraction of sp³-hybridized carbons (Fsp3) is 0.529. The van der Waals surface area contributed by atoms with Gasteiger partial charge in [-0.2, -0.15) is 0 Å². The molecular weight excluding hydrogens is 278 g/mol. The first-order chi connectivity index (χ1) is 10.6. The van der Waals surface area contributed by atoms with Crippen LogP contribution in [0, 0.1) is 5.92 Å². The summed E-state index contributed by atoms with van der Waals surface area (Å²) in [5.41, 5.74) is 1.59. The van der Waals surface area contributed by atoms with Gasteiger partial charge in [0.15, 0.2) is 0 Å². The van der Waals surface area contributed by atoms with Gasteiger partial charge in [0.25, 0.3) is 0 Å². The molecular formula is C17H25N3O2. The van der Waals surface area contributed by atoms with Crippen molar-refractivity contribution in [1.29, 1.82) is 0 Å². The van der Waals surface area contributed by atoms with Gasteiger partial charge in [-0.15, -0.1) is 0 Å². The second-order valence-electron chi connectivity index (χ2n) is 5.90. The maximum absolute atomic E-state index is 12.2. The molecule has 120 valence electrons. The first kappa shape index (κ1) is 16.3. The first-order valence-corrected chi connectivity index (χ1v) is 8.00. The van der Waals surface area contributed by atoms with Crippen LogP contribution in [0.5, 0.6) is 0 Å². The number of carbonyl (C=O) groups excluding carboxylic acids is 2. The summed E-state index contributed by atoms with van der Waals surface area (Å²) in [6, 6.07) is 7.44. The lowest BCUT2D eigenvalue weighted by Gasteiger charge is -2.30. The third-order valence-electron chi connectivity index (χ3n) is 4.05. The summed E-state index contributed by atoms with van der Waals surface area (Å²) in [5.74, 6) is 0.835. The molecule has 0 aromatic heterocycles. The Labute approximate surface area is 132 Å². The second kappa shape index (κ2) is 7.82. The Morgan fingerprint density at radius 3 is 2.59 bits per heavy atom. The molecule has 0 spiro atoms. The summed E-state index contributed by atoms with van der Waals surface area (Å²) in [5, 5.41) is 5.96. The molecule has 1 fully saturated rings. The molecule has 0 atom stereocenters. The quantitative estimate of drug-likeness (QED) is 0.879. The van der Waals surface area contributed by atoms with Crippen molar-refractivity contribution >= 4 is 23.2 Å². The van der Waals surface area contributed by atoms with Crippen molar-refractivity contribution in [2.75, 3.05) is 30.3 Å². The van der Waals surface area contributed by atoms with Crippen molar-refractivity contribution in [3.8, 4) is 0 Å². The Bertz CT molecular complexity index is 522. The van der Waals surface area contributed by atoms with Crippen LogP contribution in [0.15, 0.2) is 24.3 Å². The highest BCUT2D eigenvalue weighted by molar-refractivity contribution is 5.91. The number of anilines is 2. The van der Waals surface area contributed by atoms with Crippen molar-refractivity contribution in [1.82, 2.24) is 4.90 Å². The van der Waals surface area contributed by atoms with Crippen LogP contribution >= 0.6 is 0 Å². The van der Waals surface area contributed by atoms with Crippen LogP contribution in [0.1, 0.15) is 33.1 Å². The lowest BCUT2D eigenvalue weighted by molar-refractivity contribution is -0.130. The highest BCUT2D eigenvalue weighted by Gasteiger charge is 2.19. The number of nitrogens with zero attached hydrogens (tertiary/aromatic N) is 1. The van der Waals surface area contributed by atoms with E-state index in [2.05, 4.69) is 17.6 Å². The van der Waals surface area contributed by atoms with Gasteiger partial charge in [-0.3, -0.25) is 9.59 Å². The highest BCUT2D eigenvalue weighted by atomic mass is 16.2. The Morgan fingerprint density at radius 1 is 1.23 bits per heavy atom. The number of benzene rings is 1. The number of rotatable bonds is 5. The summed E-state index contributed by atoms with van der Waals surface area (Å²) in [7, 11) is 0. The summed E-state index contributed by atoms with van der Waals surface area (Å²) >= 11 is 0. The molecule has 5 nitrogen and oxygen atoms in total. The van der Waals surface area contributed by atoms with Crippen LogP contribution in [0.2, 0.25) is 0 Å². The molecule has 1 aliphatic heterocycles. The fourth-order valence-electron chi connectivity index (χ4n) is 2.50. The van der Waals surface area contributed by atoms with Gasteiger partial charge >= 0.3 is 0 Å². The van der Waals surface area contributed by atoms with Gasteiger partial charge in [0, 0.05) is 30.9 Å². The van der Waals surface area contributed by atoms with Crippen molar-refractivity contribution < 1.29 is 9.59 Å². The Kier molecular flexibility index (Phi) is 5.81. The molecule has 0 bridgehead atoms. The molecule has 1 saturated heterocycles. The zero-order valence-electron chi connectivity index (χ0n) is 13.4. The van der Waals surface area contributed by atoms with E-state index in [-0.39, 0.29) is 11.8 Å². The van der Waals surface area contributed by atoms with E-state index in [1.165, 1.54) is 0 Å². The van der Waals surface area contributed by atoms with E-state index in [1.807, 2.05) is 36.1 Å². The highest BCUT2D eigenvalue weighted by Crippen LogP contribution is 2.17. The largest absolute Gasteiger partial charge is 0.376 e. The summed E-state index contributed by atoms with van der Waals surface area (Å²) < 4.78 is 0. The average Bonchev–Trinajstić information content (AvgIpc) is 2.53. The van der Waals surface area contributed by atoms with Gasteiger partial charge in [0.05, 0.1) is 6.54 Å². The molecule has 0 radical (unpaired) electrons. The van der Waals surface area contributed by atoms with Crippen LogP contribution in [-0.4, -0.2) is 36.3 Å². The normalized spacial score (nSPS) is 15.5. The zero-order chi connectivity index (χ0) is 15.9. The minimum atomic E-state index is -0.0179. The number of hydrogen-bond acceptors (Lipinski definition) is 3. The number of nitrogens with one attached hydrogen (secondary N) is 2. The minimum absolute atomic E-state index is 0.0179. The van der Waals surface area contributed by atoms with E-state index in [0.717, 1.165) is 43.2 Å². The van der Waals surface area contributed by atoms with E-state index in [0.29, 0.717) is 13.0 Å². The molecule has 1 aromatic carbocycles. The molecule has 2 N–H and O–H groups in total. The minimum Gasteiger partial charge on any atom is -0.376 e. The Balaban J connectivity index is 1.84.